The lowest BCUT2D eigenvalue weighted by atomic mass is 10.0. The second kappa shape index (κ2) is 5.32. The lowest BCUT2D eigenvalue weighted by molar-refractivity contribution is 0.974. The molecule has 0 fully saturated rings. The summed E-state index contributed by atoms with van der Waals surface area (Å²) < 4.78 is 8.78. The fourth-order valence-electron chi connectivity index (χ4n) is 2.05. The van der Waals surface area contributed by atoms with Crippen LogP contribution in [0.25, 0.3) is 22.0 Å². The second-order valence-electron chi connectivity index (χ2n) is 4.29. The quantitative estimate of drug-likeness (QED) is 0.787. The number of pyridine rings is 1. The van der Waals surface area contributed by atoms with Gasteiger partial charge in [0.15, 0.2) is 5.82 Å². The van der Waals surface area contributed by atoms with Gasteiger partial charge in [0.25, 0.3) is 0 Å². The summed E-state index contributed by atoms with van der Waals surface area (Å²) in [7, 11) is 0. The predicted octanol–water partition coefficient (Wildman–Crippen LogP) is 3.58. The molecule has 2 aromatic heterocycles. The molecule has 4 nitrogen and oxygen atoms in total. The van der Waals surface area contributed by atoms with Crippen molar-refractivity contribution in [3.05, 3.63) is 36.7 Å². The van der Waals surface area contributed by atoms with Crippen molar-refractivity contribution in [2.45, 2.75) is 13.3 Å². The Labute approximate surface area is 115 Å². The fraction of sp³-hybridized carbons (Fsp3) is 0.214. The maximum atomic E-state index is 4.44. The molecule has 3 rings (SSSR count). The molecule has 2 heterocycles. The lowest BCUT2D eigenvalue weighted by Crippen LogP contribution is -2.01. The first-order chi connectivity index (χ1) is 9.40. The number of nitrogens with zero attached hydrogens (tertiary/aromatic N) is 3. The maximum absolute atomic E-state index is 4.44. The fourth-order valence-corrected chi connectivity index (χ4v) is 2.59. The summed E-state index contributed by atoms with van der Waals surface area (Å²) in [5.41, 5.74) is 2.03. The van der Waals surface area contributed by atoms with Crippen LogP contribution >= 0.6 is 11.7 Å². The van der Waals surface area contributed by atoms with Crippen LogP contribution in [0.5, 0.6) is 0 Å². The van der Waals surface area contributed by atoms with Crippen molar-refractivity contribution in [2.75, 3.05) is 11.9 Å². The zero-order chi connectivity index (χ0) is 13.1. The van der Waals surface area contributed by atoms with Crippen LogP contribution in [-0.2, 0) is 0 Å². The highest BCUT2D eigenvalue weighted by atomic mass is 32.1. The van der Waals surface area contributed by atoms with Crippen LogP contribution < -0.4 is 5.32 Å². The monoisotopic (exact) mass is 270 g/mol. The molecule has 0 saturated heterocycles. The molecule has 0 unspecified atom stereocenters. The number of nitrogens with one attached hydrogen (secondary N) is 1. The first kappa shape index (κ1) is 12.0. The van der Waals surface area contributed by atoms with Gasteiger partial charge in [0.2, 0.25) is 0 Å². The van der Waals surface area contributed by atoms with Crippen LogP contribution in [-0.4, -0.2) is 20.3 Å². The van der Waals surface area contributed by atoms with Crippen LogP contribution in [0, 0.1) is 0 Å². The van der Waals surface area contributed by atoms with Crippen LogP contribution in [0.4, 0.5) is 5.82 Å². The predicted molar refractivity (Wildman–Crippen MR) is 79.4 cm³/mol. The Morgan fingerprint density at radius 1 is 1.21 bits per heavy atom. The number of fused-ring (bicyclic) bond motifs is 1. The van der Waals surface area contributed by atoms with E-state index in [1.165, 1.54) is 11.7 Å². The van der Waals surface area contributed by atoms with Gasteiger partial charge in [-0.2, -0.15) is 8.75 Å². The minimum absolute atomic E-state index is 0.871. The molecule has 96 valence electrons. The molecule has 5 heteroatoms. The molecule has 1 aromatic carbocycles. The largest absolute Gasteiger partial charge is 0.367 e. The van der Waals surface area contributed by atoms with Gasteiger partial charge >= 0.3 is 0 Å². The number of rotatable bonds is 4. The molecule has 0 aliphatic heterocycles. The first-order valence-corrected chi connectivity index (χ1v) is 7.02. The van der Waals surface area contributed by atoms with Crippen LogP contribution in [0.1, 0.15) is 13.3 Å². The van der Waals surface area contributed by atoms with Crippen molar-refractivity contribution in [3.8, 4) is 11.3 Å². The average molecular weight is 270 g/mol. The highest BCUT2D eigenvalue weighted by molar-refractivity contribution is 6.99. The Balaban J connectivity index is 2.12. The van der Waals surface area contributed by atoms with Crippen LogP contribution in [0.15, 0.2) is 36.7 Å². The normalized spacial score (nSPS) is 10.8. The number of aromatic nitrogens is 3. The summed E-state index contributed by atoms with van der Waals surface area (Å²) >= 11 is 1.24. The molecule has 1 N–H and O–H groups in total. The minimum Gasteiger partial charge on any atom is -0.367 e. The first-order valence-electron chi connectivity index (χ1n) is 6.29. The average Bonchev–Trinajstić information content (AvgIpc) is 2.92. The summed E-state index contributed by atoms with van der Waals surface area (Å²) in [5, 5.41) is 5.60. The topological polar surface area (TPSA) is 50.7 Å². The van der Waals surface area contributed by atoms with Crippen LogP contribution in [0.2, 0.25) is 0 Å². The minimum atomic E-state index is 0.871. The van der Waals surface area contributed by atoms with Crippen molar-refractivity contribution in [2.24, 2.45) is 0 Å². The number of hydrogen-bond donors (Lipinski definition) is 1. The van der Waals surface area contributed by atoms with Crippen molar-refractivity contribution in [3.63, 3.8) is 0 Å². The van der Waals surface area contributed by atoms with Crippen molar-refractivity contribution in [1.29, 1.82) is 0 Å². The van der Waals surface area contributed by atoms with Gasteiger partial charge in [-0.25, -0.2) is 0 Å². The highest BCUT2D eigenvalue weighted by Crippen LogP contribution is 2.31. The van der Waals surface area contributed by atoms with E-state index >= 15 is 0 Å². The Kier molecular flexibility index (Phi) is 3.37. The van der Waals surface area contributed by atoms with E-state index in [9.17, 15) is 0 Å². The van der Waals surface area contributed by atoms with E-state index in [4.69, 9.17) is 0 Å². The standard InChI is InChI=1S/C14H14N4S/c1-2-7-16-14-13(17-19-18-14)12-5-3-4-10-9-15-8-6-11(10)12/h3-6,8-9H,2,7H2,1H3,(H,16,18). The van der Waals surface area contributed by atoms with E-state index in [1.54, 1.807) is 0 Å². The van der Waals surface area contributed by atoms with E-state index in [0.29, 0.717) is 0 Å². The Bertz CT molecular complexity index is 687. The second-order valence-corrected chi connectivity index (χ2v) is 4.82. The van der Waals surface area contributed by atoms with E-state index in [1.807, 2.05) is 24.5 Å². The molecule has 19 heavy (non-hydrogen) atoms. The molecule has 0 aliphatic carbocycles. The Morgan fingerprint density at radius 3 is 3.05 bits per heavy atom. The maximum Gasteiger partial charge on any atom is 0.168 e. The third-order valence-electron chi connectivity index (χ3n) is 2.97. The van der Waals surface area contributed by atoms with Crippen molar-refractivity contribution < 1.29 is 0 Å². The number of anilines is 1. The van der Waals surface area contributed by atoms with E-state index in [0.717, 1.165) is 40.8 Å². The summed E-state index contributed by atoms with van der Waals surface area (Å²) in [4.78, 5) is 4.16. The van der Waals surface area contributed by atoms with Gasteiger partial charge in [-0.1, -0.05) is 25.1 Å². The molecule has 0 radical (unpaired) electrons. The van der Waals surface area contributed by atoms with E-state index < -0.39 is 0 Å². The van der Waals surface area contributed by atoms with Gasteiger partial charge in [0, 0.05) is 29.9 Å². The van der Waals surface area contributed by atoms with Gasteiger partial charge in [-0.05, 0) is 17.9 Å². The molecule has 3 aromatic rings. The molecule has 0 saturated carbocycles. The Morgan fingerprint density at radius 2 is 2.16 bits per heavy atom. The summed E-state index contributed by atoms with van der Waals surface area (Å²) in [6.45, 7) is 3.04. The Hall–Kier alpha value is -2.01. The molecule has 0 aliphatic rings. The van der Waals surface area contributed by atoms with Crippen molar-refractivity contribution in [1.82, 2.24) is 13.7 Å². The third kappa shape index (κ3) is 2.29. The van der Waals surface area contributed by atoms with Gasteiger partial charge in [0.1, 0.15) is 5.69 Å². The summed E-state index contributed by atoms with van der Waals surface area (Å²) in [5.74, 6) is 0.871. The molecule has 0 amide bonds. The van der Waals surface area contributed by atoms with Crippen LogP contribution in [0.3, 0.4) is 0 Å². The number of hydrogen-bond acceptors (Lipinski definition) is 5. The summed E-state index contributed by atoms with van der Waals surface area (Å²) in [6.07, 6.45) is 4.75. The van der Waals surface area contributed by atoms with Gasteiger partial charge in [-0.3, -0.25) is 4.98 Å². The summed E-state index contributed by atoms with van der Waals surface area (Å²) in [6, 6.07) is 8.19. The van der Waals surface area contributed by atoms with Gasteiger partial charge < -0.3 is 5.32 Å². The molecule has 0 atom stereocenters. The van der Waals surface area contributed by atoms with Crippen molar-refractivity contribution >= 4 is 28.3 Å². The molecule has 0 bridgehead atoms. The lowest BCUT2D eigenvalue weighted by Gasteiger charge is -2.06. The third-order valence-corrected chi connectivity index (χ3v) is 3.50. The highest BCUT2D eigenvalue weighted by Gasteiger charge is 2.12. The SMILES string of the molecule is CCCNc1nsnc1-c1cccc2cnccc12. The molecular weight excluding hydrogens is 256 g/mol. The molecule has 0 spiro atoms. The van der Waals surface area contributed by atoms with E-state index in [-0.39, 0.29) is 0 Å². The smallest absolute Gasteiger partial charge is 0.168 e. The molecular formula is C14H14N4S. The zero-order valence-electron chi connectivity index (χ0n) is 10.6. The number of benzene rings is 1. The van der Waals surface area contributed by atoms with Gasteiger partial charge in [-0.15, -0.1) is 0 Å². The van der Waals surface area contributed by atoms with E-state index in [2.05, 4.69) is 38.1 Å². The zero-order valence-corrected chi connectivity index (χ0v) is 11.4. The van der Waals surface area contributed by atoms with Gasteiger partial charge in [0.05, 0.1) is 11.7 Å².